The molecule has 0 bridgehead atoms. The van der Waals surface area contributed by atoms with Crippen LogP contribution in [-0.4, -0.2) is 19.9 Å². The standard InChI is InChI=1S/C72H52N4/c1-45-19-29-51(30-20-45)71(52-31-21-46(2)22-32-52)61-15-7-5-13-57(61)59-37-27-49(43-63(59)71)55-39-40-56(68-67(55)75-69(65-17-9-11-41-73-65)70(76-68)66-18-10-12-42-74-66)50-28-38-60-58-14-6-8-16-62(58)72(64(60)44-50,53-33-23-47(3)24-34-53)54-35-25-48(4)26-36-54/h5-44H,1-4H3. The summed E-state index contributed by atoms with van der Waals surface area (Å²) in [6.07, 6.45) is 3.65. The van der Waals surface area contributed by atoms with Crippen molar-refractivity contribution in [3.63, 3.8) is 0 Å². The van der Waals surface area contributed by atoms with Crippen LogP contribution < -0.4 is 0 Å². The van der Waals surface area contributed by atoms with Gasteiger partial charge in [0.1, 0.15) is 11.4 Å². The van der Waals surface area contributed by atoms with Gasteiger partial charge in [-0.15, -0.1) is 0 Å². The third-order valence-electron chi connectivity index (χ3n) is 16.3. The number of hydrogen-bond acceptors (Lipinski definition) is 4. The number of pyridine rings is 2. The second-order valence-corrected chi connectivity index (χ2v) is 20.8. The van der Waals surface area contributed by atoms with Gasteiger partial charge in [0, 0.05) is 23.5 Å². The van der Waals surface area contributed by atoms with E-state index >= 15 is 0 Å². The third kappa shape index (κ3) is 6.83. The number of nitrogens with zero attached hydrogens (tertiary/aromatic N) is 4. The van der Waals surface area contributed by atoms with Crippen molar-refractivity contribution >= 4 is 11.0 Å². The number of rotatable bonds is 8. The molecule has 0 unspecified atom stereocenters. The molecule has 2 aliphatic carbocycles. The lowest BCUT2D eigenvalue weighted by Crippen LogP contribution is -2.28. The molecule has 14 rings (SSSR count). The van der Waals surface area contributed by atoms with Gasteiger partial charge in [-0.05, 0) is 142 Å². The number of benzene rings is 9. The van der Waals surface area contributed by atoms with Gasteiger partial charge in [-0.25, -0.2) is 9.97 Å². The Hall–Kier alpha value is -9.38. The van der Waals surface area contributed by atoms with Gasteiger partial charge in [-0.3, -0.25) is 9.97 Å². The lowest BCUT2D eigenvalue weighted by atomic mass is 9.67. The van der Waals surface area contributed by atoms with Crippen LogP contribution in [0.25, 0.3) is 78.3 Å². The Labute approximate surface area is 444 Å². The summed E-state index contributed by atoms with van der Waals surface area (Å²) in [4.78, 5) is 21.4. The van der Waals surface area contributed by atoms with E-state index in [-0.39, 0.29) is 0 Å². The van der Waals surface area contributed by atoms with Crippen LogP contribution in [0.3, 0.4) is 0 Å². The van der Waals surface area contributed by atoms with E-state index in [9.17, 15) is 0 Å². The number of aromatic nitrogens is 4. The zero-order chi connectivity index (χ0) is 51.1. The number of fused-ring (bicyclic) bond motifs is 7. The summed E-state index contributed by atoms with van der Waals surface area (Å²) in [6, 6.07) is 85.1. The molecule has 3 aromatic heterocycles. The van der Waals surface area contributed by atoms with Crippen molar-refractivity contribution in [1.29, 1.82) is 0 Å². The van der Waals surface area contributed by atoms with E-state index < -0.39 is 10.8 Å². The Bertz CT molecular complexity index is 3850. The minimum absolute atomic E-state index is 0.584. The van der Waals surface area contributed by atoms with Crippen molar-refractivity contribution in [1.82, 2.24) is 19.9 Å². The molecule has 9 aromatic carbocycles. The first-order valence-electron chi connectivity index (χ1n) is 26.3. The van der Waals surface area contributed by atoms with Gasteiger partial charge in [0.15, 0.2) is 0 Å². The molecule has 0 N–H and O–H groups in total. The maximum Gasteiger partial charge on any atom is 0.117 e. The molecule has 3 heterocycles. The van der Waals surface area contributed by atoms with E-state index in [0.29, 0.717) is 11.4 Å². The molecule has 0 fully saturated rings. The van der Waals surface area contributed by atoms with Crippen LogP contribution in [0.4, 0.5) is 0 Å². The van der Waals surface area contributed by atoms with Gasteiger partial charge < -0.3 is 0 Å². The van der Waals surface area contributed by atoms with E-state index in [0.717, 1.165) is 44.7 Å². The highest BCUT2D eigenvalue weighted by Gasteiger charge is 2.48. The molecule has 360 valence electrons. The number of aryl methyl sites for hydroxylation is 4. The van der Waals surface area contributed by atoms with E-state index in [1.165, 1.54) is 89.0 Å². The second kappa shape index (κ2) is 17.6. The summed E-state index contributed by atoms with van der Waals surface area (Å²) < 4.78 is 0. The summed E-state index contributed by atoms with van der Waals surface area (Å²) in [5, 5.41) is 0. The van der Waals surface area contributed by atoms with Gasteiger partial charge in [0.05, 0.1) is 33.3 Å². The van der Waals surface area contributed by atoms with Gasteiger partial charge >= 0.3 is 0 Å². The summed E-state index contributed by atoms with van der Waals surface area (Å²) in [6.45, 7) is 8.66. The second-order valence-electron chi connectivity index (χ2n) is 20.8. The van der Waals surface area contributed by atoms with Crippen LogP contribution in [0.2, 0.25) is 0 Å². The van der Waals surface area contributed by atoms with Crippen LogP contribution in [-0.2, 0) is 10.8 Å². The third-order valence-corrected chi connectivity index (χ3v) is 16.3. The highest BCUT2D eigenvalue weighted by molar-refractivity contribution is 6.04. The normalized spacial score (nSPS) is 13.5. The van der Waals surface area contributed by atoms with Gasteiger partial charge in [-0.2, -0.15) is 0 Å². The van der Waals surface area contributed by atoms with Crippen LogP contribution in [0.1, 0.15) is 66.8 Å². The zero-order valence-electron chi connectivity index (χ0n) is 42.9. The smallest absolute Gasteiger partial charge is 0.117 e. The molecule has 0 saturated heterocycles. The van der Waals surface area contributed by atoms with E-state index in [4.69, 9.17) is 19.9 Å². The fraction of sp³-hybridized carbons (Fsp3) is 0.0833. The average Bonchev–Trinajstić information content (AvgIpc) is 3.99. The number of hydrogen-bond donors (Lipinski definition) is 0. The molecule has 4 heteroatoms. The molecule has 0 spiro atoms. The monoisotopic (exact) mass is 972 g/mol. The first kappa shape index (κ1) is 45.3. The molecular weight excluding hydrogens is 921 g/mol. The molecule has 0 atom stereocenters. The molecule has 4 nitrogen and oxygen atoms in total. The van der Waals surface area contributed by atoms with Crippen LogP contribution >= 0.6 is 0 Å². The van der Waals surface area contributed by atoms with Gasteiger partial charge in [0.2, 0.25) is 0 Å². The van der Waals surface area contributed by atoms with Crippen molar-refractivity contribution in [2.45, 2.75) is 38.5 Å². The minimum atomic E-state index is -0.584. The molecule has 0 saturated carbocycles. The Morgan fingerprint density at radius 3 is 0.934 bits per heavy atom. The van der Waals surface area contributed by atoms with E-state index in [2.05, 4.69) is 222 Å². The van der Waals surface area contributed by atoms with Crippen LogP contribution in [0.15, 0.2) is 243 Å². The van der Waals surface area contributed by atoms with Crippen LogP contribution in [0.5, 0.6) is 0 Å². The van der Waals surface area contributed by atoms with Crippen molar-refractivity contribution in [3.8, 4) is 67.3 Å². The predicted molar refractivity (Wildman–Crippen MR) is 310 cm³/mol. The summed E-state index contributed by atoms with van der Waals surface area (Å²) in [5.74, 6) is 0. The van der Waals surface area contributed by atoms with Crippen molar-refractivity contribution in [2.24, 2.45) is 0 Å². The van der Waals surface area contributed by atoms with Crippen molar-refractivity contribution in [3.05, 3.63) is 310 Å². The lowest BCUT2D eigenvalue weighted by molar-refractivity contribution is 0.768. The Morgan fingerprint density at radius 1 is 0.276 bits per heavy atom. The lowest BCUT2D eigenvalue weighted by Gasteiger charge is -2.34. The summed E-state index contributed by atoms with van der Waals surface area (Å²) in [5.41, 5.74) is 27.1. The average molecular weight is 973 g/mol. The first-order valence-corrected chi connectivity index (χ1v) is 26.3. The quantitative estimate of drug-likeness (QED) is 0.152. The molecule has 0 radical (unpaired) electrons. The Balaban J connectivity index is 1.05. The largest absolute Gasteiger partial charge is 0.255 e. The van der Waals surface area contributed by atoms with E-state index in [1.54, 1.807) is 0 Å². The molecular formula is C72H52N4. The highest BCUT2D eigenvalue weighted by Crippen LogP contribution is 2.59. The first-order chi connectivity index (χ1) is 37.3. The maximum atomic E-state index is 5.77. The topological polar surface area (TPSA) is 51.6 Å². The van der Waals surface area contributed by atoms with Crippen molar-refractivity contribution < 1.29 is 0 Å². The zero-order valence-corrected chi connectivity index (χ0v) is 42.9. The van der Waals surface area contributed by atoms with Crippen LogP contribution in [0, 0.1) is 27.7 Å². The van der Waals surface area contributed by atoms with E-state index in [1.807, 2.05) is 48.8 Å². The van der Waals surface area contributed by atoms with Gasteiger partial charge in [-0.1, -0.05) is 216 Å². The Morgan fingerprint density at radius 2 is 0.592 bits per heavy atom. The maximum absolute atomic E-state index is 5.77. The molecule has 0 amide bonds. The summed E-state index contributed by atoms with van der Waals surface area (Å²) in [7, 11) is 0. The molecule has 0 aliphatic heterocycles. The Kier molecular flexibility index (Phi) is 10.5. The van der Waals surface area contributed by atoms with Crippen molar-refractivity contribution in [2.75, 3.05) is 0 Å². The van der Waals surface area contributed by atoms with Gasteiger partial charge in [0.25, 0.3) is 0 Å². The SMILES string of the molecule is Cc1ccc(C2(c3ccc(C)cc3)c3ccccc3-c3ccc(-c4ccc(-c5ccc6c(c5)C(c5ccc(C)cc5)(c5ccc(C)cc5)c5ccccc5-6)c5nc(-c6ccccn6)c(-c6ccccn6)nc45)cc32)cc1. The minimum Gasteiger partial charge on any atom is -0.255 e. The fourth-order valence-corrected chi connectivity index (χ4v) is 12.6. The molecule has 2 aliphatic rings. The summed E-state index contributed by atoms with van der Waals surface area (Å²) >= 11 is 0. The molecule has 12 aromatic rings. The highest BCUT2D eigenvalue weighted by atomic mass is 14.9. The molecule has 76 heavy (non-hydrogen) atoms. The fourth-order valence-electron chi connectivity index (χ4n) is 12.6. The predicted octanol–water partition coefficient (Wildman–Crippen LogP) is 17.0.